The molecule has 2 rings (SSSR count). The number of hydrazine groups is 1. The second kappa shape index (κ2) is 7.26. The molecule has 106 valence electrons. The Balaban J connectivity index is 2.36. The molecular formula is C15H16ClIN2O. The number of hydrogen-bond donors (Lipinski definition) is 2. The van der Waals surface area contributed by atoms with Crippen molar-refractivity contribution >= 4 is 34.2 Å². The van der Waals surface area contributed by atoms with Gasteiger partial charge in [-0.15, -0.1) is 0 Å². The summed E-state index contributed by atoms with van der Waals surface area (Å²) >= 11 is 8.39. The Kier molecular flexibility index (Phi) is 5.65. The number of ether oxygens (including phenoxy) is 1. The predicted octanol–water partition coefficient (Wildman–Crippen LogP) is 3.90. The first-order valence-corrected chi connectivity index (χ1v) is 7.75. The Morgan fingerprint density at radius 1 is 1.25 bits per heavy atom. The zero-order valence-corrected chi connectivity index (χ0v) is 14.0. The largest absolute Gasteiger partial charge is 0.494 e. The fraction of sp³-hybridized carbons (Fsp3) is 0.200. The van der Waals surface area contributed by atoms with Crippen molar-refractivity contribution in [3.63, 3.8) is 0 Å². The van der Waals surface area contributed by atoms with Gasteiger partial charge in [-0.2, -0.15) is 0 Å². The predicted molar refractivity (Wildman–Crippen MR) is 90.9 cm³/mol. The highest BCUT2D eigenvalue weighted by Gasteiger charge is 2.14. The van der Waals surface area contributed by atoms with Gasteiger partial charge in [-0.05, 0) is 64.9 Å². The molecule has 0 aromatic heterocycles. The topological polar surface area (TPSA) is 47.3 Å². The van der Waals surface area contributed by atoms with Gasteiger partial charge >= 0.3 is 0 Å². The van der Waals surface area contributed by atoms with Crippen LogP contribution >= 0.6 is 34.2 Å². The van der Waals surface area contributed by atoms with Crippen LogP contribution in [0.5, 0.6) is 5.75 Å². The molecule has 20 heavy (non-hydrogen) atoms. The normalized spacial score (nSPS) is 12.2. The first-order valence-electron chi connectivity index (χ1n) is 6.29. The lowest BCUT2D eigenvalue weighted by molar-refractivity contribution is 0.339. The number of hydrogen-bond acceptors (Lipinski definition) is 3. The summed E-state index contributed by atoms with van der Waals surface area (Å²) in [7, 11) is 0. The van der Waals surface area contributed by atoms with Crippen molar-refractivity contribution in [1.82, 2.24) is 5.43 Å². The van der Waals surface area contributed by atoms with Gasteiger partial charge in [0, 0.05) is 3.57 Å². The van der Waals surface area contributed by atoms with E-state index < -0.39 is 0 Å². The summed E-state index contributed by atoms with van der Waals surface area (Å²) in [5, 5.41) is 0.726. The molecule has 0 saturated heterocycles. The molecule has 0 aliphatic heterocycles. The summed E-state index contributed by atoms with van der Waals surface area (Å²) in [6.07, 6.45) is 0. The van der Waals surface area contributed by atoms with Crippen LogP contribution in [0.1, 0.15) is 24.1 Å². The van der Waals surface area contributed by atoms with Crippen LogP contribution in [0.25, 0.3) is 0 Å². The Hall–Kier alpha value is -0.820. The molecule has 0 bridgehead atoms. The number of nitrogens with two attached hydrogens (primary N) is 1. The van der Waals surface area contributed by atoms with Gasteiger partial charge in [-0.25, -0.2) is 5.43 Å². The van der Waals surface area contributed by atoms with Crippen LogP contribution in [0.2, 0.25) is 5.02 Å². The molecule has 0 aliphatic carbocycles. The van der Waals surface area contributed by atoms with E-state index in [9.17, 15) is 0 Å². The van der Waals surface area contributed by atoms with E-state index in [0.29, 0.717) is 6.61 Å². The lowest BCUT2D eigenvalue weighted by Gasteiger charge is -2.18. The monoisotopic (exact) mass is 402 g/mol. The molecule has 3 nitrogen and oxygen atoms in total. The standard InChI is InChI=1S/C15H16ClIN2O/c1-2-20-12-5-3-4-10(8-12)15(19-18)11-6-7-14(17)13(16)9-11/h3-9,15,19H,2,18H2,1H3. The molecule has 5 heteroatoms. The molecule has 0 amide bonds. The SMILES string of the molecule is CCOc1cccc(C(NN)c2ccc(I)c(Cl)c2)c1. The van der Waals surface area contributed by atoms with E-state index in [0.717, 1.165) is 25.5 Å². The number of rotatable bonds is 5. The summed E-state index contributed by atoms with van der Waals surface area (Å²) < 4.78 is 6.54. The lowest BCUT2D eigenvalue weighted by Crippen LogP contribution is -2.28. The average molecular weight is 403 g/mol. The average Bonchev–Trinajstić information content (AvgIpc) is 2.44. The maximum absolute atomic E-state index is 6.18. The molecule has 2 aromatic rings. The minimum Gasteiger partial charge on any atom is -0.494 e. The van der Waals surface area contributed by atoms with Crippen LogP contribution < -0.4 is 16.0 Å². The van der Waals surface area contributed by atoms with E-state index in [1.165, 1.54) is 0 Å². The van der Waals surface area contributed by atoms with E-state index in [4.69, 9.17) is 22.2 Å². The third-order valence-electron chi connectivity index (χ3n) is 2.95. The summed E-state index contributed by atoms with van der Waals surface area (Å²) in [5.74, 6) is 6.55. The first kappa shape index (κ1) is 15.6. The zero-order chi connectivity index (χ0) is 14.5. The quantitative estimate of drug-likeness (QED) is 0.453. The lowest BCUT2D eigenvalue weighted by atomic mass is 9.99. The first-order chi connectivity index (χ1) is 9.65. The van der Waals surface area contributed by atoms with Gasteiger partial charge in [0.05, 0.1) is 17.7 Å². The zero-order valence-electron chi connectivity index (χ0n) is 11.1. The highest BCUT2D eigenvalue weighted by atomic mass is 127. The van der Waals surface area contributed by atoms with E-state index in [1.807, 2.05) is 49.4 Å². The fourth-order valence-electron chi connectivity index (χ4n) is 2.03. The molecule has 0 radical (unpaired) electrons. The Bertz CT molecular complexity index is 592. The van der Waals surface area contributed by atoms with Crippen LogP contribution in [0, 0.1) is 3.57 Å². The molecule has 1 atom stereocenters. The summed E-state index contributed by atoms with van der Waals surface area (Å²) in [4.78, 5) is 0. The molecular weight excluding hydrogens is 387 g/mol. The van der Waals surface area contributed by atoms with Gasteiger partial charge in [0.25, 0.3) is 0 Å². The molecule has 0 aliphatic rings. The minimum atomic E-state index is -0.120. The Morgan fingerprint density at radius 2 is 2.00 bits per heavy atom. The van der Waals surface area contributed by atoms with Crippen LogP contribution in [-0.4, -0.2) is 6.61 Å². The third kappa shape index (κ3) is 3.63. The van der Waals surface area contributed by atoms with Crippen molar-refractivity contribution in [1.29, 1.82) is 0 Å². The molecule has 0 saturated carbocycles. The van der Waals surface area contributed by atoms with Crippen LogP contribution in [-0.2, 0) is 0 Å². The van der Waals surface area contributed by atoms with Crippen LogP contribution in [0.4, 0.5) is 0 Å². The van der Waals surface area contributed by atoms with E-state index >= 15 is 0 Å². The van der Waals surface area contributed by atoms with Crippen molar-refractivity contribution in [2.24, 2.45) is 5.84 Å². The number of nitrogens with one attached hydrogen (secondary N) is 1. The van der Waals surface area contributed by atoms with Crippen molar-refractivity contribution in [2.75, 3.05) is 6.61 Å². The highest BCUT2D eigenvalue weighted by molar-refractivity contribution is 14.1. The molecule has 0 spiro atoms. The van der Waals surface area contributed by atoms with Gasteiger partial charge in [0.2, 0.25) is 0 Å². The molecule has 2 aromatic carbocycles. The van der Waals surface area contributed by atoms with Gasteiger partial charge in [-0.1, -0.05) is 29.8 Å². The summed E-state index contributed by atoms with van der Waals surface area (Å²) in [6, 6.07) is 13.7. The van der Waals surface area contributed by atoms with E-state index in [2.05, 4.69) is 28.0 Å². The van der Waals surface area contributed by atoms with Crippen LogP contribution in [0.3, 0.4) is 0 Å². The Labute approximate surface area is 137 Å². The van der Waals surface area contributed by atoms with Gasteiger partial charge in [-0.3, -0.25) is 5.84 Å². The highest BCUT2D eigenvalue weighted by Crippen LogP contribution is 2.28. The van der Waals surface area contributed by atoms with Crippen molar-refractivity contribution in [2.45, 2.75) is 13.0 Å². The summed E-state index contributed by atoms with van der Waals surface area (Å²) in [6.45, 7) is 2.60. The Morgan fingerprint density at radius 3 is 2.65 bits per heavy atom. The van der Waals surface area contributed by atoms with Crippen molar-refractivity contribution in [3.8, 4) is 5.75 Å². The third-order valence-corrected chi connectivity index (χ3v) is 4.52. The molecule has 1 unspecified atom stereocenters. The summed E-state index contributed by atoms with van der Waals surface area (Å²) in [5.41, 5.74) is 4.89. The van der Waals surface area contributed by atoms with Crippen LogP contribution in [0.15, 0.2) is 42.5 Å². The smallest absolute Gasteiger partial charge is 0.119 e. The van der Waals surface area contributed by atoms with Gasteiger partial charge in [0.1, 0.15) is 5.75 Å². The van der Waals surface area contributed by atoms with Crippen molar-refractivity contribution < 1.29 is 4.74 Å². The second-order valence-electron chi connectivity index (χ2n) is 4.28. The molecule has 3 N–H and O–H groups in total. The number of benzene rings is 2. The maximum Gasteiger partial charge on any atom is 0.119 e. The van der Waals surface area contributed by atoms with Gasteiger partial charge in [0.15, 0.2) is 0 Å². The minimum absolute atomic E-state index is 0.120. The number of halogens is 2. The van der Waals surface area contributed by atoms with Crippen molar-refractivity contribution in [3.05, 3.63) is 62.2 Å². The second-order valence-corrected chi connectivity index (χ2v) is 5.85. The molecule has 0 heterocycles. The van der Waals surface area contributed by atoms with Gasteiger partial charge < -0.3 is 4.74 Å². The fourth-order valence-corrected chi connectivity index (χ4v) is 2.55. The van der Waals surface area contributed by atoms with E-state index in [1.54, 1.807) is 0 Å². The van der Waals surface area contributed by atoms with E-state index in [-0.39, 0.29) is 6.04 Å². The molecule has 0 fully saturated rings. The maximum atomic E-state index is 6.18.